The van der Waals surface area contributed by atoms with Crippen LogP contribution in [0.2, 0.25) is 0 Å². The molecule has 4 heteroatoms. The van der Waals surface area contributed by atoms with E-state index in [2.05, 4.69) is 19.0 Å². The Bertz CT molecular complexity index is 675. The summed E-state index contributed by atoms with van der Waals surface area (Å²) < 4.78 is 5.58. The van der Waals surface area contributed by atoms with Gasteiger partial charge in [-0.3, -0.25) is 4.79 Å². The molecule has 1 aliphatic rings. The Morgan fingerprint density at radius 1 is 1.23 bits per heavy atom. The van der Waals surface area contributed by atoms with Crippen LogP contribution in [-0.4, -0.2) is 48.9 Å². The zero-order valence-corrected chi connectivity index (χ0v) is 13.6. The van der Waals surface area contributed by atoms with E-state index in [9.17, 15) is 4.79 Å². The molecule has 1 aliphatic heterocycles. The Labute approximate surface area is 131 Å². The van der Waals surface area contributed by atoms with Crippen LogP contribution in [0.1, 0.15) is 35.4 Å². The van der Waals surface area contributed by atoms with Crippen LogP contribution in [-0.2, 0) is 0 Å². The second-order valence-electron chi connectivity index (χ2n) is 6.45. The van der Waals surface area contributed by atoms with E-state index in [1.165, 1.54) is 0 Å². The molecule has 0 spiro atoms. The average Bonchev–Trinajstić information content (AvgIpc) is 2.70. The van der Waals surface area contributed by atoms with Crippen molar-refractivity contribution in [1.82, 2.24) is 9.80 Å². The number of rotatable bonds is 2. The number of likely N-dealkylation sites (tertiary alicyclic amines) is 1. The topological polar surface area (TPSA) is 36.7 Å². The van der Waals surface area contributed by atoms with Gasteiger partial charge < -0.3 is 14.2 Å². The number of aryl methyl sites for hydroxylation is 1. The van der Waals surface area contributed by atoms with Crippen molar-refractivity contribution in [1.29, 1.82) is 0 Å². The van der Waals surface area contributed by atoms with Gasteiger partial charge in [-0.1, -0.05) is 0 Å². The van der Waals surface area contributed by atoms with Crippen molar-refractivity contribution in [2.45, 2.75) is 32.2 Å². The minimum absolute atomic E-state index is 0.139. The molecule has 118 valence electrons. The zero-order chi connectivity index (χ0) is 15.7. The van der Waals surface area contributed by atoms with Crippen molar-refractivity contribution in [3.05, 3.63) is 35.6 Å². The van der Waals surface area contributed by atoms with Gasteiger partial charge in [-0.15, -0.1) is 0 Å². The van der Waals surface area contributed by atoms with Crippen LogP contribution in [0.25, 0.3) is 11.0 Å². The van der Waals surface area contributed by atoms with Gasteiger partial charge in [0.25, 0.3) is 5.91 Å². The molecule has 1 saturated heterocycles. The third-order valence-corrected chi connectivity index (χ3v) is 4.60. The fraction of sp³-hybridized carbons (Fsp3) is 0.500. The van der Waals surface area contributed by atoms with Gasteiger partial charge >= 0.3 is 0 Å². The number of nitrogens with zero attached hydrogens (tertiary/aromatic N) is 2. The summed E-state index contributed by atoms with van der Waals surface area (Å²) in [6.45, 7) is 3.62. The first-order valence-electron chi connectivity index (χ1n) is 8.00. The number of carbonyl (C=O) groups excluding carboxylic acids is 1. The van der Waals surface area contributed by atoms with Gasteiger partial charge in [0.2, 0.25) is 0 Å². The molecule has 0 N–H and O–H groups in total. The molecule has 2 aromatic rings. The van der Waals surface area contributed by atoms with Crippen molar-refractivity contribution in [3.8, 4) is 0 Å². The van der Waals surface area contributed by atoms with Crippen LogP contribution < -0.4 is 0 Å². The van der Waals surface area contributed by atoms with Crippen molar-refractivity contribution in [3.63, 3.8) is 0 Å². The number of furan rings is 1. The van der Waals surface area contributed by atoms with Crippen LogP contribution in [0.3, 0.4) is 0 Å². The fourth-order valence-electron chi connectivity index (χ4n) is 3.29. The second-order valence-corrected chi connectivity index (χ2v) is 6.45. The molecule has 0 bridgehead atoms. The molecule has 0 saturated carbocycles. The smallest absolute Gasteiger partial charge is 0.253 e. The van der Waals surface area contributed by atoms with Gasteiger partial charge in [0, 0.05) is 30.1 Å². The standard InChI is InChI=1S/C18H24N2O2/c1-13-11-15-12-14(6-7-17(15)22-13)18(21)20-9-4-5-16(8-10-20)19(2)3/h6-7,11-12,16H,4-5,8-10H2,1-3H3/t16-/m0/s1. The van der Waals surface area contributed by atoms with E-state index in [1.54, 1.807) is 0 Å². The molecule has 2 heterocycles. The maximum absolute atomic E-state index is 12.8. The van der Waals surface area contributed by atoms with E-state index >= 15 is 0 Å². The lowest BCUT2D eigenvalue weighted by Gasteiger charge is -2.23. The lowest BCUT2D eigenvalue weighted by Crippen LogP contribution is -2.33. The van der Waals surface area contributed by atoms with Gasteiger partial charge in [0.15, 0.2) is 0 Å². The number of hydrogen-bond donors (Lipinski definition) is 0. The highest BCUT2D eigenvalue weighted by Crippen LogP contribution is 2.22. The number of hydrogen-bond acceptors (Lipinski definition) is 3. The quantitative estimate of drug-likeness (QED) is 0.854. The Balaban J connectivity index is 1.77. The van der Waals surface area contributed by atoms with E-state index in [1.807, 2.05) is 36.1 Å². The monoisotopic (exact) mass is 300 g/mol. The fourth-order valence-corrected chi connectivity index (χ4v) is 3.29. The number of benzene rings is 1. The Morgan fingerprint density at radius 2 is 2.05 bits per heavy atom. The Morgan fingerprint density at radius 3 is 2.82 bits per heavy atom. The van der Waals surface area contributed by atoms with E-state index < -0.39 is 0 Å². The van der Waals surface area contributed by atoms with Crippen LogP contribution in [0.5, 0.6) is 0 Å². The zero-order valence-electron chi connectivity index (χ0n) is 13.6. The van der Waals surface area contributed by atoms with Gasteiger partial charge in [-0.05, 0) is 64.5 Å². The lowest BCUT2D eigenvalue weighted by atomic mass is 10.1. The summed E-state index contributed by atoms with van der Waals surface area (Å²) in [4.78, 5) is 17.0. The normalized spacial score (nSPS) is 19.6. The van der Waals surface area contributed by atoms with Crippen LogP contribution >= 0.6 is 0 Å². The minimum Gasteiger partial charge on any atom is -0.461 e. The van der Waals surface area contributed by atoms with E-state index in [0.29, 0.717) is 6.04 Å². The highest BCUT2D eigenvalue weighted by Gasteiger charge is 2.22. The SMILES string of the molecule is Cc1cc2cc(C(=O)N3CCC[C@H](N(C)C)CC3)ccc2o1. The molecular weight excluding hydrogens is 276 g/mol. The summed E-state index contributed by atoms with van der Waals surface area (Å²) in [5.41, 5.74) is 1.61. The summed E-state index contributed by atoms with van der Waals surface area (Å²) in [7, 11) is 4.24. The molecule has 1 atom stereocenters. The third-order valence-electron chi connectivity index (χ3n) is 4.60. The molecule has 1 aromatic heterocycles. The highest BCUT2D eigenvalue weighted by molar-refractivity contribution is 5.97. The Kier molecular flexibility index (Phi) is 4.21. The van der Waals surface area contributed by atoms with Gasteiger partial charge in [-0.2, -0.15) is 0 Å². The van der Waals surface area contributed by atoms with E-state index in [4.69, 9.17) is 4.42 Å². The van der Waals surface area contributed by atoms with Gasteiger partial charge in [0.05, 0.1) is 0 Å². The molecule has 0 radical (unpaired) electrons. The lowest BCUT2D eigenvalue weighted by molar-refractivity contribution is 0.0759. The van der Waals surface area contributed by atoms with Crippen LogP contribution in [0.15, 0.2) is 28.7 Å². The molecular formula is C18H24N2O2. The first-order valence-corrected chi connectivity index (χ1v) is 8.00. The van der Waals surface area contributed by atoms with E-state index in [0.717, 1.165) is 54.6 Å². The first kappa shape index (κ1) is 15.1. The van der Waals surface area contributed by atoms with Gasteiger partial charge in [-0.25, -0.2) is 0 Å². The molecule has 1 amide bonds. The Hall–Kier alpha value is -1.81. The minimum atomic E-state index is 0.139. The average molecular weight is 300 g/mol. The molecule has 1 aromatic carbocycles. The predicted octanol–water partition coefficient (Wildman–Crippen LogP) is 3.30. The van der Waals surface area contributed by atoms with Crippen molar-refractivity contribution < 1.29 is 9.21 Å². The molecule has 22 heavy (non-hydrogen) atoms. The highest BCUT2D eigenvalue weighted by atomic mass is 16.3. The maximum Gasteiger partial charge on any atom is 0.253 e. The summed E-state index contributed by atoms with van der Waals surface area (Å²) >= 11 is 0. The van der Waals surface area contributed by atoms with Gasteiger partial charge in [0.1, 0.15) is 11.3 Å². The van der Waals surface area contributed by atoms with Crippen molar-refractivity contribution >= 4 is 16.9 Å². The predicted molar refractivity (Wildman–Crippen MR) is 88.2 cm³/mol. The molecule has 0 unspecified atom stereocenters. The summed E-state index contributed by atoms with van der Waals surface area (Å²) in [6, 6.07) is 8.29. The largest absolute Gasteiger partial charge is 0.461 e. The summed E-state index contributed by atoms with van der Waals surface area (Å²) in [5, 5.41) is 1.00. The first-order chi connectivity index (χ1) is 10.5. The molecule has 3 rings (SSSR count). The molecule has 4 nitrogen and oxygen atoms in total. The molecule has 1 fully saturated rings. The summed E-state index contributed by atoms with van der Waals surface area (Å²) in [6.07, 6.45) is 3.28. The number of amides is 1. The second kappa shape index (κ2) is 6.13. The van der Waals surface area contributed by atoms with Crippen molar-refractivity contribution in [2.24, 2.45) is 0 Å². The summed E-state index contributed by atoms with van der Waals surface area (Å²) in [5.74, 6) is 1.02. The number of carbonyl (C=O) groups is 1. The van der Waals surface area contributed by atoms with Crippen molar-refractivity contribution in [2.75, 3.05) is 27.2 Å². The van der Waals surface area contributed by atoms with Crippen LogP contribution in [0, 0.1) is 6.92 Å². The molecule has 0 aliphatic carbocycles. The number of fused-ring (bicyclic) bond motifs is 1. The van der Waals surface area contributed by atoms with Crippen LogP contribution in [0.4, 0.5) is 0 Å². The van der Waals surface area contributed by atoms with E-state index in [-0.39, 0.29) is 5.91 Å². The maximum atomic E-state index is 12.8. The third kappa shape index (κ3) is 3.02.